The third kappa shape index (κ3) is 2.76. The molecule has 64 valence electrons. The van der Waals surface area contributed by atoms with Gasteiger partial charge in [0.1, 0.15) is 12.4 Å². The molecule has 0 aliphatic heterocycles. The number of rotatable bonds is 3. The Bertz CT molecular complexity index is 284. The van der Waals surface area contributed by atoms with Crippen molar-refractivity contribution in [3.05, 3.63) is 40.9 Å². The highest BCUT2D eigenvalue weighted by Crippen LogP contribution is 2.23. The number of benzene rings is 1. The molecule has 12 heavy (non-hydrogen) atoms. The van der Waals surface area contributed by atoms with Crippen LogP contribution >= 0.6 is 23.2 Å². The molecule has 0 radical (unpaired) electrons. The van der Waals surface area contributed by atoms with Gasteiger partial charge in [0.05, 0.1) is 5.02 Å². The van der Waals surface area contributed by atoms with E-state index < -0.39 is 0 Å². The van der Waals surface area contributed by atoms with Gasteiger partial charge in [0.2, 0.25) is 0 Å². The molecule has 0 fully saturated rings. The van der Waals surface area contributed by atoms with E-state index in [9.17, 15) is 0 Å². The van der Waals surface area contributed by atoms with E-state index in [1.807, 2.05) is 12.1 Å². The van der Waals surface area contributed by atoms with Gasteiger partial charge >= 0.3 is 0 Å². The van der Waals surface area contributed by atoms with Crippen molar-refractivity contribution in [2.75, 3.05) is 6.61 Å². The molecule has 0 aliphatic rings. The van der Waals surface area contributed by atoms with Gasteiger partial charge in [-0.15, -0.1) is 0 Å². The molecule has 0 atom stereocenters. The van der Waals surface area contributed by atoms with E-state index in [4.69, 9.17) is 27.9 Å². The van der Waals surface area contributed by atoms with E-state index in [1.54, 1.807) is 12.1 Å². The maximum Gasteiger partial charge on any atom is 0.138 e. The van der Waals surface area contributed by atoms with Crippen LogP contribution in [0.1, 0.15) is 0 Å². The van der Waals surface area contributed by atoms with Crippen molar-refractivity contribution in [1.82, 2.24) is 0 Å². The summed E-state index contributed by atoms with van der Waals surface area (Å²) in [6.45, 7) is 3.78. The van der Waals surface area contributed by atoms with Crippen molar-refractivity contribution in [1.29, 1.82) is 0 Å². The minimum absolute atomic E-state index is 0.283. The molecule has 0 aliphatic carbocycles. The van der Waals surface area contributed by atoms with Crippen molar-refractivity contribution in [2.45, 2.75) is 0 Å². The molecule has 0 N–H and O–H groups in total. The van der Waals surface area contributed by atoms with E-state index in [0.717, 1.165) is 0 Å². The van der Waals surface area contributed by atoms with Gasteiger partial charge in [-0.3, -0.25) is 0 Å². The first-order valence-corrected chi connectivity index (χ1v) is 4.16. The predicted octanol–water partition coefficient (Wildman–Crippen LogP) is 3.47. The Morgan fingerprint density at radius 1 is 1.42 bits per heavy atom. The SMILES string of the molecule is C=C(Cl)COc1ccccc1Cl. The summed E-state index contributed by atoms with van der Waals surface area (Å²) in [5, 5.41) is 1.03. The van der Waals surface area contributed by atoms with Gasteiger partial charge in [-0.05, 0) is 12.1 Å². The zero-order chi connectivity index (χ0) is 8.97. The molecule has 0 spiro atoms. The van der Waals surface area contributed by atoms with Crippen LogP contribution in [0.4, 0.5) is 0 Å². The quantitative estimate of drug-likeness (QED) is 0.730. The lowest BCUT2D eigenvalue weighted by atomic mass is 10.3. The first-order chi connectivity index (χ1) is 5.70. The summed E-state index contributed by atoms with van der Waals surface area (Å²) in [5.41, 5.74) is 0. The van der Waals surface area contributed by atoms with Crippen molar-refractivity contribution >= 4 is 23.2 Å². The molecule has 0 saturated carbocycles. The predicted molar refractivity (Wildman–Crippen MR) is 51.9 cm³/mol. The number of hydrogen-bond donors (Lipinski definition) is 0. The van der Waals surface area contributed by atoms with Gasteiger partial charge in [0.15, 0.2) is 0 Å². The van der Waals surface area contributed by atoms with Crippen LogP contribution in [0.5, 0.6) is 5.75 Å². The number of halogens is 2. The molecule has 1 aromatic carbocycles. The second-order valence-corrected chi connectivity index (χ2v) is 3.18. The average Bonchev–Trinajstić information content (AvgIpc) is 2.03. The van der Waals surface area contributed by atoms with Crippen molar-refractivity contribution in [3.8, 4) is 5.75 Å². The average molecular weight is 203 g/mol. The Balaban J connectivity index is 2.63. The Kier molecular flexibility index (Phi) is 3.45. The third-order valence-corrected chi connectivity index (χ3v) is 1.64. The molecule has 0 heterocycles. The second kappa shape index (κ2) is 4.39. The fourth-order valence-corrected chi connectivity index (χ4v) is 0.963. The molecule has 0 saturated heterocycles. The summed E-state index contributed by atoms with van der Waals surface area (Å²) in [6, 6.07) is 7.22. The largest absolute Gasteiger partial charge is 0.486 e. The molecular weight excluding hydrogens is 195 g/mol. The zero-order valence-electron chi connectivity index (χ0n) is 6.39. The molecule has 0 amide bonds. The van der Waals surface area contributed by atoms with E-state index in [-0.39, 0.29) is 6.61 Å². The van der Waals surface area contributed by atoms with Crippen LogP contribution in [0.15, 0.2) is 35.9 Å². The lowest BCUT2D eigenvalue weighted by molar-refractivity contribution is 0.360. The molecule has 3 heteroatoms. The Morgan fingerprint density at radius 2 is 2.08 bits per heavy atom. The number of para-hydroxylation sites is 1. The van der Waals surface area contributed by atoms with Crippen LogP contribution in [0.3, 0.4) is 0 Å². The highest BCUT2D eigenvalue weighted by molar-refractivity contribution is 6.32. The molecule has 1 rings (SSSR count). The topological polar surface area (TPSA) is 9.23 Å². The monoisotopic (exact) mass is 202 g/mol. The Hall–Kier alpha value is -0.660. The van der Waals surface area contributed by atoms with Crippen LogP contribution in [0.25, 0.3) is 0 Å². The number of hydrogen-bond acceptors (Lipinski definition) is 1. The van der Waals surface area contributed by atoms with Gasteiger partial charge in [-0.1, -0.05) is 41.9 Å². The molecule has 1 aromatic rings. The fourth-order valence-electron chi connectivity index (χ4n) is 0.718. The number of ether oxygens (including phenoxy) is 1. The third-order valence-electron chi connectivity index (χ3n) is 1.22. The standard InChI is InChI=1S/C9H8Cl2O/c1-7(10)6-12-9-5-3-2-4-8(9)11/h2-5H,1,6H2. The minimum Gasteiger partial charge on any atom is -0.486 e. The lowest BCUT2D eigenvalue weighted by Crippen LogP contribution is -1.96. The summed E-state index contributed by atoms with van der Waals surface area (Å²) in [6.07, 6.45) is 0. The minimum atomic E-state index is 0.283. The summed E-state index contributed by atoms with van der Waals surface area (Å²) in [7, 11) is 0. The smallest absolute Gasteiger partial charge is 0.138 e. The van der Waals surface area contributed by atoms with Crippen LogP contribution in [-0.2, 0) is 0 Å². The summed E-state index contributed by atoms with van der Waals surface area (Å²) in [5.74, 6) is 0.626. The first-order valence-electron chi connectivity index (χ1n) is 3.41. The van der Waals surface area contributed by atoms with Gasteiger partial charge in [0.25, 0.3) is 0 Å². The van der Waals surface area contributed by atoms with Crippen LogP contribution in [0.2, 0.25) is 5.02 Å². The summed E-state index contributed by atoms with van der Waals surface area (Å²) in [4.78, 5) is 0. The Labute approximate surface area is 81.6 Å². The molecule has 0 unspecified atom stereocenters. The molecule has 1 nitrogen and oxygen atoms in total. The van der Waals surface area contributed by atoms with Gasteiger partial charge in [-0.25, -0.2) is 0 Å². The zero-order valence-corrected chi connectivity index (χ0v) is 7.90. The lowest BCUT2D eigenvalue weighted by Gasteiger charge is -2.05. The summed E-state index contributed by atoms with van der Waals surface area (Å²) >= 11 is 11.3. The molecular formula is C9H8Cl2O. The maximum atomic E-state index is 5.81. The molecule has 0 aromatic heterocycles. The van der Waals surface area contributed by atoms with E-state index in [2.05, 4.69) is 6.58 Å². The maximum absolute atomic E-state index is 5.81. The second-order valence-electron chi connectivity index (χ2n) is 2.24. The molecule has 0 bridgehead atoms. The van der Waals surface area contributed by atoms with E-state index in [0.29, 0.717) is 15.8 Å². The van der Waals surface area contributed by atoms with Crippen molar-refractivity contribution < 1.29 is 4.74 Å². The van der Waals surface area contributed by atoms with Gasteiger partial charge in [0, 0.05) is 5.03 Å². The highest BCUT2D eigenvalue weighted by Gasteiger charge is 1.98. The van der Waals surface area contributed by atoms with Crippen LogP contribution < -0.4 is 4.74 Å². The van der Waals surface area contributed by atoms with Crippen LogP contribution in [-0.4, -0.2) is 6.61 Å². The van der Waals surface area contributed by atoms with E-state index >= 15 is 0 Å². The highest BCUT2D eigenvalue weighted by atomic mass is 35.5. The van der Waals surface area contributed by atoms with Crippen molar-refractivity contribution in [2.24, 2.45) is 0 Å². The Morgan fingerprint density at radius 3 is 2.67 bits per heavy atom. The fraction of sp³-hybridized carbons (Fsp3) is 0.111. The normalized spacial score (nSPS) is 9.50. The first kappa shape index (κ1) is 9.43. The van der Waals surface area contributed by atoms with Crippen LogP contribution in [0, 0.1) is 0 Å². The van der Waals surface area contributed by atoms with Gasteiger partial charge < -0.3 is 4.74 Å². The van der Waals surface area contributed by atoms with Crippen molar-refractivity contribution in [3.63, 3.8) is 0 Å². The van der Waals surface area contributed by atoms with Gasteiger partial charge in [-0.2, -0.15) is 0 Å². The van der Waals surface area contributed by atoms with E-state index in [1.165, 1.54) is 0 Å². The summed E-state index contributed by atoms with van der Waals surface area (Å²) < 4.78 is 5.23.